The van der Waals surface area contributed by atoms with Crippen molar-refractivity contribution >= 4 is 0 Å². The number of nitrogens with one attached hydrogen (secondary N) is 1. The molecule has 5 nitrogen and oxygen atoms in total. The predicted octanol–water partition coefficient (Wildman–Crippen LogP) is 2.61. The first-order valence-electron chi connectivity index (χ1n) is 6.83. The van der Waals surface area contributed by atoms with Crippen molar-refractivity contribution in [2.24, 2.45) is 11.7 Å². The molecule has 20 heavy (non-hydrogen) atoms. The molecule has 5 heteroatoms. The van der Waals surface area contributed by atoms with Gasteiger partial charge < -0.3 is 10.5 Å². The zero-order valence-corrected chi connectivity index (χ0v) is 12.3. The minimum atomic E-state index is -0.322. The van der Waals surface area contributed by atoms with Gasteiger partial charge in [-0.3, -0.25) is 10.1 Å². The number of hydrogen-bond donors (Lipinski definition) is 2. The predicted molar refractivity (Wildman–Crippen MR) is 79.4 cm³/mol. The van der Waals surface area contributed by atoms with Crippen molar-refractivity contribution < 1.29 is 4.74 Å². The minimum Gasteiger partial charge on any atom is -0.490 e. The second-order valence-electron chi connectivity index (χ2n) is 5.91. The fourth-order valence-corrected chi connectivity index (χ4v) is 2.27. The molecule has 2 aromatic rings. The molecule has 2 rings (SSSR count). The molecule has 1 atom stereocenters. The Labute approximate surface area is 119 Å². The molecule has 0 aliphatic rings. The Morgan fingerprint density at radius 3 is 2.70 bits per heavy atom. The van der Waals surface area contributed by atoms with Gasteiger partial charge in [0.05, 0.1) is 18.1 Å². The summed E-state index contributed by atoms with van der Waals surface area (Å²) < 4.78 is 5.73. The summed E-state index contributed by atoms with van der Waals surface area (Å²) in [5.74, 6) is 1.29. The zero-order chi connectivity index (χ0) is 14.6. The maximum atomic E-state index is 6.21. The molecule has 0 amide bonds. The van der Waals surface area contributed by atoms with Crippen LogP contribution in [0.3, 0.4) is 0 Å². The first-order valence-corrected chi connectivity index (χ1v) is 6.83. The molecule has 2 heterocycles. The van der Waals surface area contributed by atoms with E-state index in [1.165, 1.54) is 0 Å². The molecule has 0 aromatic carbocycles. The third-order valence-corrected chi connectivity index (χ3v) is 2.97. The normalized spacial score (nSPS) is 14.2. The molecule has 0 spiro atoms. The fraction of sp³-hybridized carbons (Fsp3) is 0.467. The quantitative estimate of drug-likeness (QED) is 0.849. The van der Waals surface area contributed by atoms with Crippen LogP contribution in [0, 0.1) is 5.92 Å². The Kier molecular flexibility index (Phi) is 4.39. The van der Waals surface area contributed by atoms with E-state index >= 15 is 0 Å². The summed E-state index contributed by atoms with van der Waals surface area (Å²) in [7, 11) is 0. The van der Waals surface area contributed by atoms with Gasteiger partial charge in [0.25, 0.3) is 0 Å². The number of nitrogens with zero attached hydrogens (tertiary/aromatic N) is 2. The number of aromatic amines is 1. The monoisotopic (exact) mass is 274 g/mol. The number of nitrogens with two attached hydrogens (primary N) is 1. The van der Waals surface area contributed by atoms with Crippen LogP contribution < -0.4 is 10.5 Å². The molecular formula is C15H22N4O. The lowest BCUT2D eigenvalue weighted by atomic mass is 9.93. The highest BCUT2D eigenvalue weighted by Crippen LogP contribution is 2.20. The van der Waals surface area contributed by atoms with Crippen LogP contribution in [-0.4, -0.2) is 27.3 Å². The average Bonchev–Trinajstić information content (AvgIpc) is 2.89. The van der Waals surface area contributed by atoms with Crippen molar-refractivity contribution in [3.8, 4) is 17.0 Å². The molecule has 108 valence electrons. The van der Waals surface area contributed by atoms with Gasteiger partial charge in [-0.15, -0.1) is 0 Å². The molecule has 3 N–H and O–H groups in total. The molecule has 0 aliphatic carbocycles. The minimum absolute atomic E-state index is 0.322. The summed E-state index contributed by atoms with van der Waals surface area (Å²) in [5.41, 5.74) is 7.72. The third kappa shape index (κ3) is 4.06. The van der Waals surface area contributed by atoms with Gasteiger partial charge in [-0.05, 0) is 31.4 Å². The Morgan fingerprint density at radius 1 is 1.35 bits per heavy atom. The molecule has 0 saturated carbocycles. The number of ether oxygens (including phenoxy) is 1. The number of rotatable bonds is 6. The average molecular weight is 274 g/mol. The molecule has 0 fully saturated rings. The van der Waals surface area contributed by atoms with Gasteiger partial charge in [-0.1, -0.05) is 13.8 Å². The summed E-state index contributed by atoms with van der Waals surface area (Å²) in [6.45, 7) is 6.82. The van der Waals surface area contributed by atoms with Crippen LogP contribution in [-0.2, 0) is 0 Å². The standard InChI is InChI=1S/C15H22N4O/c1-11(2)6-15(3,16)10-20-13-4-5-14(17-9-13)12-7-18-19-8-12/h4-5,7-9,11H,6,10,16H2,1-3H3,(H,18,19)/t15-/m0/s1. The summed E-state index contributed by atoms with van der Waals surface area (Å²) >= 11 is 0. The van der Waals surface area contributed by atoms with Crippen molar-refractivity contribution in [1.82, 2.24) is 15.2 Å². The van der Waals surface area contributed by atoms with E-state index < -0.39 is 0 Å². The molecule has 0 aliphatic heterocycles. The Morgan fingerprint density at radius 2 is 2.15 bits per heavy atom. The van der Waals surface area contributed by atoms with Crippen LogP contribution >= 0.6 is 0 Å². The van der Waals surface area contributed by atoms with Crippen molar-refractivity contribution in [2.45, 2.75) is 32.7 Å². The van der Waals surface area contributed by atoms with Gasteiger partial charge in [-0.2, -0.15) is 5.10 Å². The first-order chi connectivity index (χ1) is 9.46. The number of H-pyrrole nitrogens is 1. The summed E-state index contributed by atoms with van der Waals surface area (Å²) in [6, 6.07) is 3.82. The lowest BCUT2D eigenvalue weighted by Crippen LogP contribution is -2.43. The summed E-state index contributed by atoms with van der Waals surface area (Å²) in [6.07, 6.45) is 6.19. The highest BCUT2D eigenvalue weighted by atomic mass is 16.5. The number of aromatic nitrogens is 3. The van der Waals surface area contributed by atoms with Crippen molar-refractivity contribution in [3.05, 3.63) is 30.7 Å². The van der Waals surface area contributed by atoms with Crippen molar-refractivity contribution in [2.75, 3.05) is 6.61 Å². The lowest BCUT2D eigenvalue weighted by Gasteiger charge is -2.26. The van der Waals surface area contributed by atoms with E-state index in [9.17, 15) is 0 Å². The van der Waals surface area contributed by atoms with Crippen LogP contribution in [0.1, 0.15) is 27.2 Å². The molecule has 0 radical (unpaired) electrons. The maximum Gasteiger partial charge on any atom is 0.137 e. The highest BCUT2D eigenvalue weighted by molar-refractivity contribution is 5.56. The largest absolute Gasteiger partial charge is 0.490 e. The van der Waals surface area contributed by atoms with Gasteiger partial charge in [0.15, 0.2) is 0 Å². The molecule has 0 unspecified atom stereocenters. The van der Waals surface area contributed by atoms with E-state index in [4.69, 9.17) is 10.5 Å². The Bertz CT molecular complexity index is 517. The van der Waals surface area contributed by atoms with Crippen LogP contribution in [0.15, 0.2) is 30.7 Å². The van der Waals surface area contributed by atoms with E-state index in [0.29, 0.717) is 12.5 Å². The van der Waals surface area contributed by atoms with E-state index in [2.05, 4.69) is 29.0 Å². The third-order valence-electron chi connectivity index (χ3n) is 2.97. The SMILES string of the molecule is CC(C)C[C@](C)(N)COc1ccc(-c2cn[nH]c2)nc1. The van der Waals surface area contributed by atoms with E-state index in [1.807, 2.05) is 25.3 Å². The number of pyridine rings is 1. The molecular weight excluding hydrogens is 252 g/mol. The molecule has 2 aromatic heterocycles. The fourth-order valence-electron chi connectivity index (χ4n) is 2.27. The van der Waals surface area contributed by atoms with E-state index in [1.54, 1.807) is 12.4 Å². The topological polar surface area (TPSA) is 76.8 Å². The molecule has 0 bridgehead atoms. The van der Waals surface area contributed by atoms with E-state index in [0.717, 1.165) is 23.4 Å². The number of hydrogen-bond acceptors (Lipinski definition) is 4. The lowest BCUT2D eigenvalue weighted by molar-refractivity contribution is 0.206. The molecule has 0 saturated heterocycles. The first kappa shape index (κ1) is 14.5. The van der Waals surface area contributed by atoms with Crippen LogP contribution in [0.5, 0.6) is 5.75 Å². The Balaban J connectivity index is 1.94. The second kappa shape index (κ2) is 6.05. The van der Waals surface area contributed by atoms with Crippen molar-refractivity contribution in [3.63, 3.8) is 0 Å². The maximum absolute atomic E-state index is 6.21. The van der Waals surface area contributed by atoms with Crippen LogP contribution in [0.4, 0.5) is 0 Å². The van der Waals surface area contributed by atoms with Gasteiger partial charge in [0.2, 0.25) is 0 Å². The van der Waals surface area contributed by atoms with Gasteiger partial charge in [0, 0.05) is 17.3 Å². The second-order valence-corrected chi connectivity index (χ2v) is 5.91. The van der Waals surface area contributed by atoms with Crippen molar-refractivity contribution in [1.29, 1.82) is 0 Å². The van der Waals surface area contributed by atoms with Gasteiger partial charge in [-0.25, -0.2) is 0 Å². The van der Waals surface area contributed by atoms with Gasteiger partial charge in [0.1, 0.15) is 12.4 Å². The van der Waals surface area contributed by atoms with Gasteiger partial charge >= 0.3 is 0 Å². The van der Waals surface area contributed by atoms with Crippen LogP contribution in [0.2, 0.25) is 0 Å². The van der Waals surface area contributed by atoms with Crippen LogP contribution in [0.25, 0.3) is 11.3 Å². The Hall–Kier alpha value is -1.88. The van der Waals surface area contributed by atoms with E-state index in [-0.39, 0.29) is 5.54 Å². The zero-order valence-electron chi connectivity index (χ0n) is 12.3. The summed E-state index contributed by atoms with van der Waals surface area (Å²) in [5, 5.41) is 6.67. The summed E-state index contributed by atoms with van der Waals surface area (Å²) in [4.78, 5) is 4.36. The smallest absolute Gasteiger partial charge is 0.137 e. The highest BCUT2D eigenvalue weighted by Gasteiger charge is 2.21.